The first-order valence-electron chi connectivity index (χ1n) is 9.45. The van der Waals surface area contributed by atoms with Crippen LogP contribution in [0.15, 0.2) is 0 Å². The summed E-state index contributed by atoms with van der Waals surface area (Å²) >= 11 is 0. The summed E-state index contributed by atoms with van der Waals surface area (Å²) in [5.74, 6) is 0. The Morgan fingerprint density at radius 3 is 1.32 bits per heavy atom. The maximum atomic E-state index is 5.88. The number of hydrogen-bond acceptors (Lipinski definition) is 3. The van der Waals surface area contributed by atoms with Gasteiger partial charge in [-0.15, -0.1) is 0 Å². The highest BCUT2D eigenvalue weighted by Crippen LogP contribution is 2.20. The number of unbranched alkanes of at least 4 members (excludes halogenated alkanes) is 8. The van der Waals surface area contributed by atoms with Crippen molar-refractivity contribution in [3.05, 3.63) is 0 Å². The Morgan fingerprint density at radius 2 is 0.955 bits per heavy atom. The molecule has 4 nitrogen and oxygen atoms in total. The van der Waals surface area contributed by atoms with E-state index in [1.165, 1.54) is 51.4 Å². The molecule has 0 saturated carbocycles. The molecule has 0 atom stereocenters. The first kappa shape index (κ1) is 22.1. The van der Waals surface area contributed by atoms with Crippen molar-refractivity contribution in [2.75, 3.05) is 26.4 Å². The van der Waals surface area contributed by atoms with E-state index in [-0.39, 0.29) is 0 Å². The van der Waals surface area contributed by atoms with E-state index in [1.54, 1.807) is 0 Å². The van der Waals surface area contributed by atoms with Crippen molar-refractivity contribution in [2.45, 2.75) is 84.6 Å². The molecule has 22 heavy (non-hydrogen) atoms. The van der Waals surface area contributed by atoms with Crippen LogP contribution in [-0.4, -0.2) is 35.2 Å². The topological polar surface area (TPSA) is 55.3 Å². The van der Waals surface area contributed by atoms with Gasteiger partial charge in [-0.05, 0) is 40.0 Å². The molecule has 0 aliphatic rings. The van der Waals surface area contributed by atoms with Crippen LogP contribution in [0.3, 0.4) is 0 Å². The normalized spacial score (nSPS) is 12.0. The van der Waals surface area contributed by atoms with Crippen LogP contribution in [0, 0.1) is 0 Å². The lowest BCUT2D eigenvalue weighted by Crippen LogP contribution is -2.50. The van der Waals surface area contributed by atoms with Gasteiger partial charge < -0.3 is 19.0 Å². The van der Waals surface area contributed by atoms with Crippen LogP contribution in [0.5, 0.6) is 0 Å². The Bertz CT molecular complexity index is 213. The molecule has 0 aromatic carbocycles. The van der Waals surface area contributed by atoms with E-state index in [0.29, 0.717) is 19.8 Å². The molecular weight excluding hydrogens is 294 g/mol. The van der Waals surface area contributed by atoms with Gasteiger partial charge >= 0.3 is 8.80 Å². The van der Waals surface area contributed by atoms with Crippen LogP contribution in [0.2, 0.25) is 6.04 Å². The SMILES string of the molecule is CCO[Si](CCCCCCCCCCC[NH3+])(OCC)OCC. The molecule has 0 aliphatic carbocycles. The zero-order valence-electron chi connectivity index (χ0n) is 15.3. The first-order valence-corrected chi connectivity index (χ1v) is 11.4. The van der Waals surface area contributed by atoms with Gasteiger partial charge in [-0.1, -0.05) is 38.5 Å². The lowest BCUT2D eigenvalue weighted by molar-refractivity contribution is -0.368. The van der Waals surface area contributed by atoms with E-state index in [1.807, 2.05) is 20.8 Å². The van der Waals surface area contributed by atoms with Crippen molar-refractivity contribution in [3.63, 3.8) is 0 Å². The summed E-state index contributed by atoms with van der Waals surface area (Å²) in [5, 5.41) is 0. The molecule has 5 heteroatoms. The maximum absolute atomic E-state index is 5.88. The molecule has 0 spiro atoms. The quantitative estimate of drug-likeness (QED) is 0.325. The smallest absolute Gasteiger partial charge is 0.374 e. The highest BCUT2D eigenvalue weighted by atomic mass is 28.4. The third-order valence-corrected chi connectivity index (χ3v) is 6.98. The van der Waals surface area contributed by atoms with Gasteiger partial charge in [-0.3, -0.25) is 0 Å². The average molecular weight is 335 g/mol. The summed E-state index contributed by atoms with van der Waals surface area (Å²) in [4.78, 5) is 0. The molecular formula is C17H40NO3Si+. The molecule has 0 amide bonds. The van der Waals surface area contributed by atoms with Crippen molar-refractivity contribution >= 4 is 8.80 Å². The predicted octanol–water partition coefficient (Wildman–Crippen LogP) is 3.79. The third-order valence-electron chi connectivity index (χ3n) is 3.83. The van der Waals surface area contributed by atoms with Gasteiger partial charge in [0.2, 0.25) is 0 Å². The molecule has 3 N–H and O–H groups in total. The van der Waals surface area contributed by atoms with Crippen LogP contribution in [0.1, 0.15) is 78.6 Å². The minimum Gasteiger partial charge on any atom is -0.374 e. The van der Waals surface area contributed by atoms with Crippen molar-refractivity contribution in [1.82, 2.24) is 0 Å². The molecule has 134 valence electrons. The number of hydrogen-bond donors (Lipinski definition) is 1. The molecule has 0 rings (SSSR count). The molecule has 0 unspecified atom stereocenters. The Kier molecular flexibility index (Phi) is 16.0. The van der Waals surface area contributed by atoms with Crippen LogP contribution in [-0.2, 0) is 13.3 Å². The van der Waals surface area contributed by atoms with E-state index in [4.69, 9.17) is 13.3 Å². The van der Waals surface area contributed by atoms with Crippen molar-refractivity contribution in [1.29, 1.82) is 0 Å². The fraction of sp³-hybridized carbons (Fsp3) is 1.00. The Hall–Kier alpha value is 0.0569. The molecule has 0 aromatic heterocycles. The van der Waals surface area contributed by atoms with Gasteiger partial charge in [0.1, 0.15) is 0 Å². The lowest BCUT2D eigenvalue weighted by Gasteiger charge is -2.28. The van der Waals surface area contributed by atoms with Gasteiger partial charge in [0.25, 0.3) is 0 Å². The van der Waals surface area contributed by atoms with Gasteiger partial charge in [-0.25, -0.2) is 0 Å². The molecule has 0 aromatic rings. The second-order valence-electron chi connectivity index (χ2n) is 5.77. The summed E-state index contributed by atoms with van der Waals surface area (Å²) in [6, 6.07) is 0.964. The summed E-state index contributed by atoms with van der Waals surface area (Å²) in [6.07, 6.45) is 11.9. The third kappa shape index (κ3) is 11.6. The molecule has 0 bridgehead atoms. The molecule has 0 fully saturated rings. The average Bonchev–Trinajstić information content (AvgIpc) is 2.50. The number of rotatable bonds is 17. The summed E-state index contributed by atoms with van der Waals surface area (Å²) in [5.41, 5.74) is 3.89. The van der Waals surface area contributed by atoms with Crippen molar-refractivity contribution in [2.24, 2.45) is 0 Å². The Labute approximate surface area is 139 Å². The highest BCUT2D eigenvalue weighted by Gasteiger charge is 2.39. The second kappa shape index (κ2) is 15.9. The molecule has 0 radical (unpaired) electrons. The Morgan fingerprint density at radius 1 is 0.591 bits per heavy atom. The lowest BCUT2D eigenvalue weighted by atomic mass is 10.1. The van der Waals surface area contributed by atoms with Crippen LogP contribution < -0.4 is 5.73 Å². The van der Waals surface area contributed by atoms with E-state index in [0.717, 1.165) is 19.0 Å². The Balaban J connectivity index is 3.70. The highest BCUT2D eigenvalue weighted by molar-refractivity contribution is 6.60. The second-order valence-corrected chi connectivity index (χ2v) is 8.50. The van der Waals surface area contributed by atoms with Gasteiger partial charge in [0.05, 0.1) is 6.54 Å². The number of quaternary nitrogens is 1. The van der Waals surface area contributed by atoms with Gasteiger partial charge in [-0.2, -0.15) is 0 Å². The van der Waals surface area contributed by atoms with Crippen molar-refractivity contribution < 1.29 is 19.0 Å². The van der Waals surface area contributed by atoms with E-state index < -0.39 is 8.80 Å². The van der Waals surface area contributed by atoms with Crippen molar-refractivity contribution in [3.8, 4) is 0 Å². The maximum Gasteiger partial charge on any atom is 0.500 e. The van der Waals surface area contributed by atoms with E-state index in [9.17, 15) is 0 Å². The molecule has 0 saturated heterocycles. The van der Waals surface area contributed by atoms with E-state index in [2.05, 4.69) is 5.73 Å². The summed E-state index contributed by atoms with van der Waals surface area (Å²) < 4.78 is 17.6. The van der Waals surface area contributed by atoms with Gasteiger partial charge in [0.15, 0.2) is 0 Å². The molecule has 0 aliphatic heterocycles. The van der Waals surface area contributed by atoms with Crippen LogP contribution in [0.25, 0.3) is 0 Å². The zero-order valence-corrected chi connectivity index (χ0v) is 16.3. The minimum atomic E-state index is -2.39. The predicted molar refractivity (Wildman–Crippen MR) is 94.7 cm³/mol. The van der Waals surface area contributed by atoms with E-state index >= 15 is 0 Å². The van der Waals surface area contributed by atoms with Gasteiger partial charge in [0, 0.05) is 25.9 Å². The fourth-order valence-electron chi connectivity index (χ4n) is 2.76. The summed E-state index contributed by atoms with van der Waals surface area (Å²) in [7, 11) is -2.39. The molecule has 0 heterocycles. The van der Waals surface area contributed by atoms with Crippen LogP contribution in [0.4, 0.5) is 0 Å². The monoisotopic (exact) mass is 334 g/mol. The van der Waals surface area contributed by atoms with Crippen LogP contribution >= 0.6 is 0 Å². The fourth-order valence-corrected chi connectivity index (χ4v) is 5.44. The standard InChI is InChI=1S/C17H39NO3Si/c1-4-19-22(20-5-2,21-6-3)17-15-13-11-9-7-8-10-12-14-16-18/h4-18H2,1-3H3/p+1. The first-order chi connectivity index (χ1) is 10.7. The zero-order chi connectivity index (χ0) is 16.5. The summed E-state index contributed by atoms with van der Waals surface area (Å²) in [6.45, 7) is 9.20. The largest absolute Gasteiger partial charge is 0.500 e. The minimum absolute atomic E-state index is 0.680.